The zero-order valence-corrected chi connectivity index (χ0v) is 17.5. The third-order valence-corrected chi connectivity index (χ3v) is 6.36. The molecule has 2 aliphatic rings. The molecule has 0 aliphatic carbocycles. The first kappa shape index (κ1) is 20.2. The van der Waals surface area contributed by atoms with Crippen LogP contribution in [-0.4, -0.2) is 61.0 Å². The van der Waals surface area contributed by atoms with E-state index in [2.05, 4.69) is 41.0 Å². The van der Waals surface area contributed by atoms with E-state index in [9.17, 15) is 9.18 Å². The van der Waals surface area contributed by atoms with Crippen LogP contribution in [-0.2, 0) is 0 Å². The van der Waals surface area contributed by atoms with Crippen molar-refractivity contribution in [1.82, 2.24) is 9.80 Å². The number of hydrogen-bond acceptors (Lipinski definition) is 3. The predicted molar refractivity (Wildman–Crippen MR) is 115 cm³/mol. The number of anilines is 1. The maximum Gasteiger partial charge on any atom is 0.256 e. The number of piperidine rings is 1. The van der Waals surface area contributed by atoms with Crippen molar-refractivity contribution >= 4 is 23.2 Å². The first-order valence-corrected chi connectivity index (χ1v) is 10.7. The van der Waals surface area contributed by atoms with Crippen LogP contribution in [0.25, 0.3) is 0 Å². The number of amides is 1. The molecule has 29 heavy (non-hydrogen) atoms. The van der Waals surface area contributed by atoms with Gasteiger partial charge in [0.25, 0.3) is 5.91 Å². The van der Waals surface area contributed by atoms with E-state index < -0.39 is 5.82 Å². The number of hydrogen-bond donors (Lipinski definition) is 0. The molecule has 2 saturated heterocycles. The van der Waals surface area contributed by atoms with E-state index >= 15 is 0 Å². The summed E-state index contributed by atoms with van der Waals surface area (Å²) in [7, 11) is 0. The first-order valence-electron chi connectivity index (χ1n) is 10.3. The number of benzene rings is 2. The Balaban J connectivity index is 1.39. The molecule has 2 aromatic carbocycles. The summed E-state index contributed by atoms with van der Waals surface area (Å²) in [5, 5.41) is 0.385. The normalized spacial score (nSPS) is 20.7. The fourth-order valence-corrected chi connectivity index (χ4v) is 4.69. The quantitative estimate of drug-likeness (QED) is 0.751. The molecule has 4 nitrogen and oxygen atoms in total. The summed E-state index contributed by atoms with van der Waals surface area (Å²) in [6.07, 6.45) is 2.02. The third-order valence-electron chi connectivity index (χ3n) is 6.13. The molecule has 2 fully saturated rings. The lowest BCUT2D eigenvalue weighted by atomic mass is 10.0. The predicted octanol–water partition coefficient (Wildman–Crippen LogP) is 4.21. The van der Waals surface area contributed by atoms with E-state index in [0.29, 0.717) is 24.2 Å². The van der Waals surface area contributed by atoms with Gasteiger partial charge in [0.05, 0.1) is 5.56 Å². The molecule has 4 rings (SSSR count). The minimum Gasteiger partial charge on any atom is -0.369 e. The van der Waals surface area contributed by atoms with Gasteiger partial charge in [0, 0.05) is 56.0 Å². The van der Waals surface area contributed by atoms with Gasteiger partial charge in [-0.05, 0) is 49.6 Å². The Morgan fingerprint density at radius 2 is 1.83 bits per heavy atom. The molecular weight excluding hydrogens is 389 g/mol. The highest BCUT2D eigenvalue weighted by molar-refractivity contribution is 6.31. The number of likely N-dealkylation sites (tertiary alicyclic amines) is 1. The van der Waals surface area contributed by atoms with Crippen LogP contribution in [0.2, 0.25) is 5.02 Å². The van der Waals surface area contributed by atoms with Gasteiger partial charge in [0.1, 0.15) is 5.82 Å². The number of halogens is 2. The van der Waals surface area contributed by atoms with Crippen molar-refractivity contribution in [3.63, 3.8) is 0 Å². The van der Waals surface area contributed by atoms with Gasteiger partial charge in [0.15, 0.2) is 0 Å². The standard InChI is InChI=1S/C23H27ClFN3O/c1-17-5-2-3-7-22(17)27-13-11-26(12-14-27)19-6-4-10-28(16-19)23(29)20-15-18(24)8-9-21(20)25/h2-3,5,7-9,15,19H,4,6,10-14,16H2,1H3. The number of piperazine rings is 1. The molecule has 1 unspecified atom stereocenters. The van der Waals surface area contributed by atoms with Crippen molar-refractivity contribution in [2.24, 2.45) is 0 Å². The molecule has 2 aliphatic heterocycles. The molecule has 0 radical (unpaired) electrons. The summed E-state index contributed by atoms with van der Waals surface area (Å²) >= 11 is 5.98. The van der Waals surface area contributed by atoms with Crippen LogP contribution in [0.1, 0.15) is 28.8 Å². The van der Waals surface area contributed by atoms with Crippen LogP contribution in [0.4, 0.5) is 10.1 Å². The molecule has 2 heterocycles. The third kappa shape index (κ3) is 4.41. The molecule has 2 aromatic rings. The number of carbonyl (C=O) groups excluding carboxylic acids is 1. The summed E-state index contributed by atoms with van der Waals surface area (Å²) in [4.78, 5) is 19.6. The second kappa shape index (κ2) is 8.72. The lowest BCUT2D eigenvalue weighted by molar-refractivity contribution is 0.0559. The Labute approximate surface area is 176 Å². The van der Waals surface area contributed by atoms with Crippen molar-refractivity contribution in [2.75, 3.05) is 44.2 Å². The van der Waals surface area contributed by atoms with Gasteiger partial charge >= 0.3 is 0 Å². The Morgan fingerprint density at radius 1 is 1.07 bits per heavy atom. The molecule has 6 heteroatoms. The number of nitrogens with zero attached hydrogens (tertiary/aromatic N) is 3. The van der Waals surface area contributed by atoms with Gasteiger partial charge in [0.2, 0.25) is 0 Å². The van der Waals surface area contributed by atoms with Gasteiger partial charge in [-0.15, -0.1) is 0 Å². The number of aryl methyl sites for hydroxylation is 1. The van der Waals surface area contributed by atoms with Gasteiger partial charge in [-0.1, -0.05) is 29.8 Å². The highest BCUT2D eigenvalue weighted by Gasteiger charge is 2.31. The zero-order valence-electron chi connectivity index (χ0n) is 16.8. The fourth-order valence-electron chi connectivity index (χ4n) is 4.52. The topological polar surface area (TPSA) is 26.8 Å². The van der Waals surface area contributed by atoms with Crippen LogP contribution in [0.5, 0.6) is 0 Å². The van der Waals surface area contributed by atoms with E-state index in [-0.39, 0.29) is 11.5 Å². The zero-order chi connectivity index (χ0) is 20.4. The van der Waals surface area contributed by atoms with E-state index in [1.54, 1.807) is 4.90 Å². The average molecular weight is 416 g/mol. The van der Waals surface area contributed by atoms with Crippen molar-refractivity contribution in [2.45, 2.75) is 25.8 Å². The fraction of sp³-hybridized carbons (Fsp3) is 0.435. The van der Waals surface area contributed by atoms with Gasteiger partial charge in [-0.3, -0.25) is 9.69 Å². The number of carbonyl (C=O) groups is 1. The summed E-state index contributed by atoms with van der Waals surface area (Å²) in [6, 6.07) is 13.0. The molecule has 0 aromatic heterocycles. The number of para-hydroxylation sites is 1. The SMILES string of the molecule is Cc1ccccc1N1CCN(C2CCCN(C(=O)c3cc(Cl)ccc3F)C2)CC1. The van der Waals surface area contributed by atoms with Gasteiger partial charge in [-0.2, -0.15) is 0 Å². The van der Waals surface area contributed by atoms with Crippen LogP contribution in [0.3, 0.4) is 0 Å². The summed E-state index contributed by atoms with van der Waals surface area (Å²) < 4.78 is 14.1. The van der Waals surface area contributed by atoms with Crippen molar-refractivity contribution in [3.8, 4) is 0 Å². The van der Waals surface area contributed by atoms with E-state index in [1.165, 1.54) is 29.4 Å². The van der Waals surface area contributed by atoms with Crippen LogP contribution >= 0.6 is 11.6 Å². The second-order valence-electron chi connectivity index (χ2n) is 7.98. The highest BCUT2D eigenvalue weighted by atomic mass is 35.5. The van der Waals surface area contributed by atoms with Crippen LogP contribution < -0.4 is 4.90 Å². The summed E-state index contributed by atoms with van der Waals surface area (Å²) in [5.74, 6) is -0.762. The summed E-state index contributed by atoms with van der Waals surface area (Å²) in [6.45, 7) is 7.40. The summed E-state index contributed by atoms with van der Waals surface area (Å²) in [5.41, 5.74) is 2.69. The van der Waals surface area contributed by atoms with Crippen molar-refractivity contribution < 1.29 is 9.18 Å². The second-order valence-corrected chi connectivity index (χ2v) is 8.42. The van der Waals surface area contributed by atoms with Crippen LogP contribution in [0, 0.1) is 12.7 Å². The van der Waals surface area contributed by atoms with Crippen molar-refractivity contribution in [3.05, 3.63) is 64.4 Å². The molecule has 1 atom stereocenters. The largest absolute Gasteiger partial charge is 0.369 e. The Morgan fingerprint density at radius 3 is 2.59 bits per heavy atom. The monoisotopic (exact) mass is 415 g/mol. The van der Waals surface area contributed by atoms with Crippen molar-refractivity contribution in [1.29, 1.82) is 0 Å². The van der Waals surface area contributed by atoms with E-state index in [0.717, 1.165) is 39.0 Å². The molecule has 0 bridgehead atoms. The lowest BCUT2D eigenvalue weighted by Crippen LogP contribution is -2.56. The first-order chi connectivity index (χ1) is 14.0. The molecule has 1 amide bonds. The maximum atomic E-state index is 14.1. The van der Waals surface area contributed by atoms with Gasteiger partial charge < -0.3 is 9.80 Å². The lowest BCUT2D eigenvalue weighted by Gasteiger charge is -2.44. The minimum atomic E-state index is -0.506. The molecule has 154 valence electrons. The Kier molecular flexibility index (Phi) is 6.07. The van der Waals surface area contributed by atoms with Gasteiger partial charge in [-0.25, -0.2) is 4.39 Å². The smallest absolute Gasteiger partial charge is 0.256 e. The molecule has 0 N–H and O–H groups in total. The average Bonchev–Trinajstić information content (AvgIpc) is 2.75. The van der Waals surface area contributed by atoms with E-state index in [4.69, 9.17) is 11.6 Å². The Bertz CT molecular complexity index is 882. The highest BCUT2D eigenvalue weighted by Crippen LogP contribution is 2.25. The van der Waals surface area contributed by atoms with E-state index in [1.807, 2.05) is 0 Å². The molecule has 0 saturated carbocycles. The minimum absolute atomic E-state index is 0.0718. The Hall–Kier alpha value is -2.11. The number of rotatable bonds is 3. The van der Waals surface area contributed by atoms with Crippen LogP contribution in [0.15, 0.2) is 42.5 Å². The maximum absolute atomic E-state index is 14.1. The molecular formula is C23H27ClFN3O. The molecule has 0 spiro atoms.